The molecule has 0 bridgehead atoms. The molecule has 0 aliphatic carbocycles. The zero-order valence-corrected chi connectivity index (χ0v) is 9.38. The average Bonchev–Trinajstić information content (AvgIpc) is 2.30. The zero-order valence-electron chi connectivity index (χ0n) is 9.38. The summed E-state index contributed by atoms with van der Waals surface area (Å²) in [5.41, 5.74) is 9.87. The second kappa shape index (κ2) is 6.86. The Kier molecular flexibility index (Phi) is 6.21. The first kappa shape index (κ1) is 15.4. The Morgan fingerprint density at radius 2 is 1.53 bits per heavy atom. The number of rotatable bonds is 2. The molecule has 0 aliphatic rings. The summed E-state index contributed by atoms with van der Waals surface area (Å²) in [7, 11) is 5.64. The molecule has 0 aromatic heterocycles. The molecule has 17 heavy (non-hydrogen) atoms. The summed E-state index contributed by atoms with van der Waals surface area (Å²) >= 11 is 0. The maximum absolute atomic E-state index is 5.64. The number of benzene rings is 2. The second-order valence-electron chi connectivity index (χ2n) is 3.53. The molecule has 3 nitrogen and oxygen atoms in total. The number of hydrogen-bond donors (Lipinski definition) is 1. The SMILES string of the molecule is [B+2]c1ccc(-c2cccc(CN)c2)cc1.[OH-].[OH-]. The zero-order chi connectivity index (χ0) is 10.7. The van der Waals surface area contributed by atoms with E-state index in [9.17, 15) is 0 Å². The van der Waals surface area contributed by atoms with Crippen LogP contribution in [0.4, 0.5) is 0 Å². The van der Waals surface area contributed by atoms with Crippen molar-refractivity contribution in [1.29, 1.82) is 0 Å². The summed E-state index contributed by atoms with van der Waals surface area (Å²) in [6.45, 7) is 0.572. The Morgan fingerprint density at radius 3 is 2.12 bits per heavy atom. The molecule has 2 rings (SSSR count). The Bertz CT molecular complexity index is 457. The van der Waals surface area contributed by atoms with E-state index in [1.807, 2.05) is 36.4 Å². The fourth-order valence-electron chi connectivity index (χ4n) is 1.55. The summed E-state index contributed by atoms with van der Waals surface area (Å²) in [4.78, 5) is 0. The Balaban J connectivity index is 0.00000128. The van der Waals surface area contributed by atoms with Gasteiger partial charge in [0.15, 0.2) is 0 Å². The summed E-state index contributed by atoms with van der Waals surface area (Å²) in [5, 5.41) is 0. The van der Waals surface area contributed by atoms with Gasteiger partial charge in [0.25, 0.3) is 0 Å². The van der Waals surface area contributed by atoms with Crippen molar-refractivity contribution >= 4 is 13.3 Å². The van der Waals surface area contributed by atoms with Crippen LogP contribution >= 0.6 is 0 Å². The first-order valence-electron chi connectivity index (χ1n) is 4.94. The molecular formula is C13H14BNO2. The fraction of sp³-hybridized carbons (Fsp3) is 0.0769. The van der Waals surface area contributed by atoms with Gasteiger partial charge in [0, 0.05) is 0 Å². The van der Waals surface area contributed by atoms with Crippen LogP contribution in [0.25, 0.3) is 11.1 Å². The van der Waals surface area contributed by atoms with Crippen LogP contribution in [0.2, 0.25) is 0 Å². The van der Waals surface area contributed by atoms with E-state index in [0.717, 1.165) is 11.0 Å². The van der Waals surface area contributed by atoms with Crippen molar-refractivity contribution in [3.8, 4) is 11.1 Å². The summed E-state index contributed by atoms with van der Waals surface area (Å²) < 4.78 is 0. The Morgan fingerprint density at radius 1 is 0.882 bits per heavy atom. The van der Waals surface area contributed by atoms with Crippen LogP contribution in [0.1, 0.15) is 5.56 Å². The topological polar surface area (TPSA) is 86.0 Å². The molecule has 2 aromatic rings. The van der Waals surface area contributed by atoms with Crippen molar-refractivity contribution in [2.45, 2.75) is 6.54 Å². The third-order valence-electron chi connectivity index (χ3n) is 2.41. The first-order valence-corrected chi connectivity index (χ1v) is 4.94. The third-order valence-corrected chi connectivity index (χ3v) is 2.41. The molecule has 0 atom stereocenters. The molecule has 0 unspecified atom stereocenters. The van der Waals surface area contributed by atoms with Gasteiger partial charge in [-0.25, -0.2) is 0 Å². The maximum Gasteiger partial charge on any atom is -0.870 e. The molecule has 0 heterocycles. The Hall–Kier alpha value is -1.62. The monoisotopic (exact) mass is 227 g/mol. The van der Waals surface area contributed by atoms with Gasteiger partial charge in [-0.1, -0.05) is 0 Å². The minimum absolute atomic E-state index is 0. The maximum atomic E-state index is 5.64. The van der Waals surface area contributed by atoms with Gasteiger partial charge in [-0.2, -0.15) is 0 Å². The van der Waals surface area contributed by atoms with Crippen LogP contribution in [0, 0.1) is 0 Å². The van der Waals surface area contributed by atoms with Gasteiger partial charge in [-0.15, -0.1) is 0 Å². The quantitative estimate of drug-likeness (QED) is 0.783. The molecule has 0 spiro atoms. The van der Waals surface area contributed by atoms with Crippen LogP contribution < -0.4 is 11.2 Å². The van der Waals surface area contributed by atoms with Crippen molar-refractivity contribution in [3.05, 3.63) is 54.1 Å². The van der Waals surface area contributed by atoms with Gasteiger partial charge in [-0.3, -0.25) is 0 Å². The van der Waals surface area contributed by atoms with Crippen LogP contribution in [0.5, 0.6) is 0 Å². The second-order valence-corrected chi connectivity index (χ2v) is 3.53. The summed E-state index contributed by atoms with van der Waals surface area (Å²) in [5.74, 6) is 0. The van der Waals surface area contributed by atoms with Gasteiger partial charge in [0.2, 0.25) is 0 Å². The first-order chi connectivity index (χ1) is 7.29. The summed E-state index contributed by atoms with van der Waals surface area (Å²) in [6.07, 6.45) is 0. The van der Waals surface area contributed by atoms with E-state index >= 15 is 0 Å². The predicted molar refractivity (Wildman–Crippen MR) is 69.0 cm³/mol. The van der Waals surface area contributed by atoms with E-state index in [0.29, 0.717) is 6.54 Å². The minimum atomic E-state index is 0. The molecule has 0 aliphatic heterocycles. The van der Waals surface area contributed by atoms with Crippen LogP contribution in [-0.4, -0.2) is 18.8 Å². The van der Waals surface area contributed by atoms with Crippen molar-refractivity contribution in [2.24, 2.45) is 5.73 Å². The predicted octanol–water partition coefficient (Wildman–Crippen LogP) is 1.25. The Labute approximate surface area is 102 Å². The fourth-order valence-corrected chi connectivity index (χ4v) is 1.55. The smallest absolute Gasteiger partial charge is 0.870 e. The molecule has 0 amide bonds. The van der Waals surface area contributed by atoms with Crippen LogP contribution in [0.3, 0.4) is 0 Å². The normalized spacial score (nSPS) is 9.12. The molecule has 86 valence electrons. The van der Waals surface area contributed by atoms with Gasteiger partial charge >= 0.3 is 90.8 Å². The van der Waals surface area contributed by atoms with Crippen molar-refractivity contribution in [2.75, 3.05) is 0 Å². The molecule has 0 saturated heterocycles. The van der Waals surface area contributed by atoms with E-state index in [-0.39, 0.29) is 11.0 Å². The van der Waals surface area contributed by atoms with E-state index < -0.39 is 0 Å². The molecule has 4 heteroatoms. The van der Waals surface area contributed by atoms with Gasteiger partial charge in [-0.05, 0) is 0 Å². The summed E-state index contributed by atoms with van der Waals surface area (Å²) in [6, 6.07) is 16.1. The molecule has 0 fully saturated rings. The van der Waals surface area contributed by atoms with E-state index in [4.69, 9.17) is 13.6 Å². The van der Waals surface area contributed by atoms with E-state index in [2.05, 4.69) is 12.1 Å². The van der Waals surface area contributed by atoms with Gasteiger partial charge in [0.05, 0.1) is 0 Å². The van der Waals surface area contributed by atoms with Gasteiger partial charge in [0.1, 0.15) is 0 Å². The molecular weight excluding hydrogens is 213 g/mol. The van der Waals surface area contributed by atoms with E-state index in [1.165, 1.54) is 11.1 Å². The molecule has 2 aromatic carbocycles. The van der Waals surface area contributed by atoms with Crippen LogP contribution in [0.15, 0.2) is 48.5 Å². The third kappa shape index (κ3) is 3.71. The van der Waals surface area contributed by atoms with Crippen molar-refractivity contribution in [3.63, 3.8) is 0 Å². The van der Waals surface area contributed by atoms with E-state index in [1.54, 1.807) is 0 Å². The van der Waals surface area contributed by atoms with Gasteiger partial charge < -0.3 is 11.0 Å². The standard InChI is InChI=1S/C13H12BN.2H2O/c14-13-6-4-11(5-7-13)12-3-1-2-10(8-12)9-15;;/h1-8H,9,15H2;2*1H2/q+2;;/p-2. The molecule has 4 N–H and O–H groups in total. The largest absolute Gasteiger partial charge is 0.870 e. The van der Waals surface area contributed by atoms with Crippen molar-refractivity contribution in [1.82, 2.24) is 0 Å². The molecule has 0 saturated carbocycles. The van der Waals surface area contributed by atoms with Crippen molar-refractivity contribution < 1.29 is 11.0 Å². The van der Waals surface area contributed by atoms with Crippen LogP contribution in [-0.2, 0) is 6.54 Å². The number of nitrogens with two attached hydrogens (primary N) is 1. The molecule has 0 radical (unpaired) electrons. The average molecular weight is 227 g/mol. The number of hydrogen-bond acceptors (Lipinski definition) is 3. The minimum Gasteiger partial charge on any atom is -0.870 e.